The summed E-state index contributed by atoms with van der Waals surface area (Å²) in [5, 5.41) is 29.6. The van der Waals surface area contributed by atoms with Crippen molar-refractivity contribution in [2.45, 2.75) is 66.7 Å². The predicted molar refractivity (Wildman–Crippen MR) is 175 cm³/mol. The van der Waals surface area contributed by atoms with E-state index in [1.54, 1.807) is 13.0 Å². The van der Waals surface area contributed by atoms with Crippen molar-refractivity contribution >= 4 is 68.3 Å². The molecule has 232 valence electrons. The summed E-state index contributed by atoms with van der Waals surface area (Å²) in [7, 11) is 0. The summed E-state index contributed by atoms with van der Waals surface area (Å²) in [6.07, 6.45) is 2.13. The molecule has 0 atom stereocenters. The van der Waals surface area contributed by atoms with E-state index in [1.165, 1.54) is 0 Å². The second-order valence-electron chi connectivity index (χ2n) is 11.4. The summed E-state index contributed by atoms with van der Waals surface area (Å²) in [5.74, 6) is -3.25. The van der Waals surface area contributed by atoms with Gasteiger partial charge in [-0.2, -0.15) is 0 Å². The van der Waals surface area contributed by atoms with Gasteiger partial charge in [0.1, 0.15) is 0 Å². The van der Waals surface area contributed by atoms with Crippen molar-refractivity contribution in [3.8, 4) is 0 Å². The number of carboxylic acid groups (broad SMARTS) is 3. The van der Waals surface area contributed by atoms with Gasteiger partial charge in [0.2, 0.25) is 0 Å². The van der Waals surface area contributed by atoms with Crippen LogP contribution in [0.4, 0.5) is 0 Å². The third kappa shape index (κ3) is 5.59. The molecule has 0 saturated heterocycles. The molecule has 2 aliphatic rings. The van der Waals surface area contributed by atoms with Gasteiger partial charge in [0.15, 0.2) is 0 Å². The third-order valence-electron chi connectivity index (χ3n) is 8.77. The first-order valence-electron chi connectivity index (χ1n) is 14.8. The van der Waals surface area contributed by atoms with Crippen LogP contribution in [0.1, 0.15) is 90.6 Å². The number of rotatable bonds is 9. The summed E-state index contributed by atoms with van der Waals surface area (Å²) in [6.45, 7) is 13.6. The van der Waals surface area contributed by atoms with Crippen molar-refractivity contribution in [3.05, 3.63) is 75.4 Å². The molecule has 10 nitrogen and oxygen atoms in total. The van der Waals surface area contributed by atoms with Gasteiger partial charge in [-0.05, 0) is 98.6 Å². The van der Waals surface area contributed by atoms with Gasteiger partial charge < -0.3 is 25.3 Å². The Morgan fingerprint density at radius 3 is 1.96 bits per heavy atom. The number of aryl methyl sites for hydroxylation is 3. The monoisotopic (exact) mass is 608 g/mol. The zero-order valence-electron chi connectivity index (χ0n) is 26.0. The minimum atomic E-state index is -1.19. The minimum Gasteiger partial charge on any atom is -0.481 e. The van der Waals surface area contributed by atoms with Crippen LogP contribution in [0.25, 0.3) is 50.4 Å². The van der Waals surface area contributed by atoms with Crippen molar-refractivity contribution in [1.82, 2.24) is 19.9 Å². The summed E-state index contributed by atoms with van der Waals surface area (Å²) < 4.78 is 0. The normalized spacial score (nSPS) is 13.0. The molecule has 5 N–H and O–H groups in total. The largest absolute Gasteiger partial charge is 0.481 e. The molecule has 0 saturated carbocycles. The Morgan fingerprint density at radius 2 is 1.33 bits per heavy atom. The SMILES string of the molecule is C=Cc1c(C)c2cc3nc(c(CCC(=O)O)c4nc(cc5[nH]c(cc1[nH]2)c(C)c5CC)C(C)=C4C(=O)O)C(CCC(=O)O)=C3C. The van der Waals surface area contributed by atoms with Crippen LogP contribution >= 0.6 is 0 Å². The molecule has 3 aromatic rings. The van der Waals surface area contributed by atoms with Gasteiger partial charge in [-0.15, -0.1) is 0 Å². The van der Waals surface area contributed by atoms with Crippen LogP contribution in [0.2, 0.25) is 0 Å². The second-order valence-corrected chi connectivity index (χ2v) is 11.4. The van der Waals surface area contributed by atoms with Crippen molar-refractivity contribution in [1.29, 1.82) is 0 Å². The van der Waals surface area contributed by atoms with Gasteiger partial charge in [0.05, 0.1) is 28.3 Å². The van der Waals surface area contributed by atoms with E-state index in [0.29, 0.717) is 33.8 Å². The number of nitrogens with one attached hydrogen (secondary N) is 2. The van der Waals surface area contributed by atoms with Gasteiger partial charge in [-0.1, -0.05) is 19.6 Å². The number of allylic oxidation sites excluding steroid dienone is 3. The van der Waals surface area contributed by atoms with Crippen molar-refractivity contribution < 1.29 is 29.7 Å². The smallest absolute Gasteiger partial charge is 0.338 e. The first-order valence-corrected chi connectivity index (χ1v) is 14.8. The Balaban J connectivity index is 2.05. The van der Waals surface area contributed by atoms with E-state index in [9.17, 15) is 29.7 Å². The van der Waals surface area contributed by atoms with E-state index in [-0.39, 0.29) is 37.0 Å². The molecule has 0 radical (unpaired) electrons. The fraction of sp³-hybridized carbons (Fsp3) is 0.286. The Kier molecular flexibility index (Phi) is 8.34. The molecule has 0 unspecified atom stereocenters. The summed E-state index contributed by atoms with van der Waals surface area (Å²) in [4.78, 5) is 53.0. The molecule has 3 aromatic heterocycles. The lowest BCUT2D eigenvalue weighted by molar-refractivity contribution is -0.137. The summed E-state index contributed by atoms with van der Waals surface area (Å²) >= 11 is 0. The molecule has 10 heteroatoms. The van der Waals surface area contributed by atoms with E-state index >= 15 is 0 Å². The maximum Gasteiger partial charge on any atom is 0.338 e. The van der Waals surface area contributed by atoms with Gasteiger partial charge in [-0.25, -0.2) is 14.8 Å². The minimum absolute atomic E-state index is 0.0329. The molecule has 0 aliphatic carbocycles. The van der Waals surface area contributed by atoms with Crippen molar-refractivity contribution in [2.24, 2.45) is 0 Å². The third-order valence-corrected chi connectivity index (χ3v) is 8.77. The average molecular weight is 609 g/mol. The molecule has 0 spiro atoms. The predicted octanol–water partition coefficient (Wildman–Crippen LogP) is 6.97. The van der Waals surface area contributed by atoms with Crippen LogP contribution in [0.3, 0.4) is 0 Å². The Bertz CT molecular complexity index is 2040. The Hall–Kier alpha value is -5.25. The van der Waals surface area contributed by atoms with Gasteiger partial charge in [0, 0.05) is 46.0 Å². The quantitative estimate of drug-likeness (QED) is 0.173. The van der Waals surface area contributed by atoms with E-state index in [2.05, 4.69) is 23.5 Å². The lowest BCUT2D eigenvalue weighted by Gasteiger charge is -2.10. The lowest BCUT2D eigenvalue weighted by atomic mass is 9.93. The number of H-pyrrole nitrogens is 2. The highest BCUT2D eigenvalue weighted by Gasteiger charge is 2.30. The highest BCUT2D eigenvalue weighted by atomic mass is 16.4. The fourth-order valence-electron chi connectivity index (χ4n) is 6.29. The lowest BCUT2D eigenvalue weighted by Crippen LogP contribution is -2.08. The van der Waals surface area contributed by atoms with Crippen molar-refractivity contribution in [2.75, 3.05) is 0 Å². The van der Waals surface area contributed by atoms with E-state index < -0.39 is 17.9 Å². The fourth-order valence-corrected chi connectivity index (χ4v) is 6.29. The highest BCUT2D eigenvalue weighted by molar-refractivity contribution is 6.24. The Labute approximate surface area is 259 Å². The van der Waals surface area contributed by atoms with Crippen LogP contribution < -0.4 is 0 Å². The highest BCUT2D eigenvalue weighted by Crippen LogP contribution is 2.40. The van der Waals surface area contributed by atoms with Gasteiger partial charge in [0.25, 0.3) is 0 Å². The molecular weight excluding hydrogens is 572 g/mol. The zero-order chi connectivity index (χ0) is 32.7. The number of aromatic nitrogens is 4. The standard InChI is InChI=1S/C35H36N4O6/c1-7-20-16(3)24-13-26-18(5)22(9-11-30(40)41)33(38-26)23(10-12-31(42)43)34-32(35(44)45)19(6)27(39-34)15-29-21(8-2)17(4)25(37-29)14-28(20)36-24/h7,13-15,36-37H,1,8-12H2,2-6H3,(H,40,41)(H,42,43)(H,44,45). The molecule has 8 bridgehead atoms. The second kappa shape index (κ2) is 12.0. The number of carboxylic acids is 3. The first-order chi connectivity index (χ1) is 21.4. The maximum atomic E-state index is 12.7. The van der Waals surface area contributed by atoms with Crippen molar-refractivity contribution in [3.63, 3.8) is 0 Å². The number of aromatic amines is 2. The maximum absolute atomic E-state index is 12.7. The summed E-state index contributed by atoms with van der Waals surface area (Å²) in [6, 6.07) is 5.75. The number of fused-ring (bicyclic) bond motifs is 8. The number of carbonyl (C=O) groups is 3. The number of hydrogen-bond acceptors (Lipinski definition) is 5. The number of aliphatic carboxylic acids is 3. The van der Waals surface area contributed by atoms with Gasteiger partial charge in [-0.3, -0.25) is 9.59 Å². The van der Waals surface area contributed by atoms with Crippen LogP contribution in [0.5, 0.6) is 0 Å². The van der Waals surface area contributed by atoms with Crippen LogP contribution in [0.15, 0.2) is 24.8 Å². The molecule has 45 heavy (non-hydrogen) atoms. The van der Waals surface area contributed by atoms with Crippen LogP contribution in [-0.2, 0) is 27.2 Å². The molecule has 0 aromatic carbocycles. The first kappa shape index (κ1) is 31.2. The number of hydrogen-bond donors (Lipinski definition) is 5. The molecule has 5 heterocycles. The Morgan fingerprint density at radius 1 is 0.756 bits per heavy atom. The van der Waals surface area contributed by atoms with E-state index in [1.807, 2.05) is 39.0 Å². The average Bonchev–Trinajstić information content (AvgIpc) is 3.65. The number of nitrogens with zero attached hydrogens (tertiary/aromatic N) is 2. The van der Waals surface area contributed by atoms with Gasteiger partial charge >= 0.3 is 17.9 Å². The van der Waals surface area contributed by atoms with Crippen LogP contribution in [-0.4, -0.2) is 53.2 Å². The van der Waals surface area contributed by atoms with Crippen LogP contribution in [0, 0.1) is 13.8 Å². The summed E-state index contributed by atoms with van der Waals surface area (Å²) in [5.41, 5.74) is 10.9. The molecule has 0 amide bonds. The molecular formula is C35H36N4O6. The topological polar surface area (TPSA) is 169 Å². The van der Waals surface area contributed by atoms with E-state index in [4.69, 9.17) is 9.97 Å². The molecule has 2 aliphatic heterocycles. The van der Waals surface area contributed by atoms with E-state index in [0.717, 1.165) is 56.3 Å². The zero-order valence-corrected chi connectivity index (χ0v) is 26.0. The molecule has 5 rings (SSSR count). The molecule has 0 fully saturated rings.